The van der Waals surface area contributed by atoms with Crippen LogP contribution < -0.4 is 0 Å². The smallest absolute Gasteiger partial charge is 0.306 e. The molecule has 88 valence electrons. The van der Waals surface area contributed by atoms with Gasteiger partial charge in [-0.25, -0.2) is 0 Å². The lowest BCUT2D eigenvalue weighted by Crippen LogP contribution is -2.15. The Morgan fingerprint density at radius 1 is 1.00 bits per heavy atom. The second-order valence-electron chi connectivity index (χ2n) is 3.32. The molecule has 0 N–H and O–H groups in total. The second kappa shape index (κ2) is 7.56. The van der Waals surface area contributed by atoms with Gasteiger partial charge in [0.2, 0.25) is 0 Å². The quantitative estimate of drug-likeness (QED) is 0.654. The third-order valence-corrected chi connectivity index (χ3v) is 3.09. The summed E-state index contributed by atoms with van der Waals surface area (Å²) in [5.74, 6) is -0.444. The van der Waals surface area contributed by atoms with Crippen molar-refractivity contribution in [3.8, 4) is 0 Å². The number of rotatable bonds is 6. The Morgan fingerprint density at radius 2 is 1.33 bits per heavy atom. The van der Waals surface area contributed by atoms with Crippen LogP contribution in [-0.2, 0) is 19.1 Å². The standard InChI is InChI=1S/C10H18O4S/c1-7(5-9(11)13-3)15-8(2)6-10(12)14-4/h7-8H,5-6H2,1-4H3. The first-order valence-electron chi connectivity index (χ1n) is 4.78. The van der Waals surface area contributed by atoms with E-state index in [9.17, 15) is 9.59 Å². The zero-order chi connectivity index (χ0) is 11.8. The lowest BCUT2D eigenvalue weighted by molar-refractivity contribution is -0.141. The van der Waals surface area contributed by atoms with Crippen molar-refractivity contribution >= 4 is 23.7 Å². The number of ether oxygens (including phenoxy) is 2. The van der Waals surface area contributed by atoms with Gasteiger partial charge in [0.15, 0.2) is 0 Å². The van der Waals surface area contributed by atoms with E-state index in [1.54, 1.807) is 11.8 Å². The van der Waals surface area contributed by atoms with Gasteiger partial charge in [0, 0.05) is 10.5 Å². The van der Waals surface area contributed by atoms with Crippen molar-refractivity contribution in [1.29, 1.82) is 0 Å². The number of carbonyl (C=O) groups excluding carboxylic acids is 2. The molecule has 0 aromatic carbocycles. The van der Waals surface area contributed by atoms with E-state index in [1.807, 2.05) is 13.8 Å². The molecule has 0 spiro atoms. The molecule has 0 rings (SSSR count). The first-order valence-corrected chi connectivity index (χ1v) is 5.73. The predicted octanol–water partition coefficient (Wildman–Crippen LogP) is 1.62. The average molecular weight is 234 g/mol. The number of hydrogen-bond acceptors (Lipinski definition) is 5. The molecule has 0 bridgehead atoms. The van der Waals surface area contributed by atoms with Crippen molar-refractivity contribution in [2.24, 2.45) is 0 Å². The van der Waals surface area contributed by atoms with Gasteiger partial charge in [-0.15, -0.1) is 0 Å². The van der Waals surface area contributed by atoms with Crippen molar-refractivity contribution in [2.75, 3.05) is 14.2 Å². The minimum absolute atomic E-state index is 0.150. The summed E-state index contributed by atoms with van der Waals surface area (Å²) in [6.45, 7) is 3.88. The minimum atomic E-state index is -0.222. The fourth-order valence-corrected chi connectivity index (χ4v) is 2.39. The van der Waals surface area contributed by atoms with E-state index in [0.29, 0.717) is 12.8 Å². The summed E-state index contributed by atoms with van der Waals surface area (Å²) in [5, 5.41) is 0.300. The molecule has 0 aromatic heterocycles. The van der Waals surface area contributed by atoms with Crippen LogP contribution in [0.25, 0.3) is 0 Å². The van der Waals surface area contributed by atoms with Gasteiger partial charge in [-0.05, 0) is 0 Å². The van der Waals surface area contributed by atoms with E-state index in [0.717, 1.165) is 0 Å². The number of esters is 2. The molecule has 0 aliphatic heterocycles. The fraction of sp³-hybridized carbons (Fsp3) is 0.800. The highest BCUT2D eigenvalue weighted by molar-refractivity contribution is 8.00. The molecule has 0 saturated heterocycles. The number of carbonyl (C=O) groups is 2. The number of thioether (sulfide) groups is 1. The molecule has 0 saturated carbocycles. The Morgan fingerprint density at radius 3 is 1.60 bits per heavy atom. The molecule has 5 heteroatoms. The van der Waals surface area contributed by atoms with Gasteiger partial charge in [-0.2, -0.15) is 11.8 Å². The average Bonchev–Trinajstić information content (AvgIpc) is 2.16. The van der Waals surface area contributed by atoms with Crippen LogP contribution in [0.5, 0.6) is 0 Å². The van der Waals surface area contributed by atoms with Gasteiger partial charge in [0.25, 0.3) is 0 Å². The Labute approximate surface area is 94.7 Å². The molecule has 0 aromatic rings. The van der Waals surface area contributed by atoms with Gasteiger partial charge in [0.05, 0.1) is 27.1 Å². The van der Waals surface area contributed by atoms with E-state index in [-0.39, 0.29) is 22.4 Å². The number of methoxy groups -OCH3 is 2. The van der Waals surface area contributed by atoms with Gasteiger partial charge < -0.3 is 9.47 Å². The summed E-state index contributed by atoms with van der Waals surface area (Å²) in [4.78, 5) is 21.9. The monoisotopic (exact) mass is 234 g/mol. The summed E-state index contributed by atoms with van der Waals surface area (Å²) >= 11 is 1.59. The molecule has 4 nitrogen and oxygen atoms in total. The molecular formula is C10H18O4S. The molecule has 15 heavy (non-hydrogen) atoms. The zero-order valence-corrected chi connectivity index (χ0v) is 10.4. The summed E-state index contributed by atoms with van der Waals surface area (Å²) in [6, 6.07) is 0. The first-order chi connectivity index (χ1) is 6.99. The van der Waals surface area contributed by atoms with Gasteiger partial charge >= 0.3 is 11.9 Å². The third-order valence-electron chi connectivity index (χ3n) is 1.83. The van der Waals surface area contributed by atoms with Crippen LogP contribution >= 0.6 is 11.8 Å². The van der Waals surface area contributed by atoms with Crippen molar-refractivity contribution in [3.05, 3.63) is 0 Å². The SMILES string of the molecule is COC(=O)CC(C)SC(C)CC(=O)OC. The Bertz CT molecular complexity index is 195. The van der Waals surface area contributed by atoms with Crippen molar-refractivity contribution < 1.29 is 19.1 Å². The molecule has 0 amide bonds. The molecule has 0 radical (unpaired) electrons. The maximum Gasteiger partial charge on any atom is 0.306 e. The van der Waals surface area contributed by atoms with Gasteiger partial charge in [0.1, 0.15) is 0 Å². The van der Waals surface area contributed by atoms with Crippen molar-refractivity contribution in [3.63, 3.8) is 0 Å². The molecule has 0 aliphatic rings. The highest BCUT2D eigenvalue weighted by Gasteiger charge is 2.16. The largest absolute Gasteiger partial charge is 0.469 e. The maximum atomic E-state index is 11.0. The lowest BCUT2D eigenvalue weighted by atomic mass is 10.3. The summed E-state index contributed by atoms with van der Waals surface area (Å²) < 4.78 is 9.12. The van der Waals surface area contributed by atoms with Crippen molar-refractivity contribution in [1.82, 2.24) is 0 Å². The maximum absolute atomic E-state index is 11.0. The van der Waals surface area contributed by atoms with E-state index >= 15 is 0 Å². The predicted molar refractivity (Wildman–Crippen MR) is 59.8 cm³/mol. The van der Waals surface area contributed by atoms with E-state index in [2.05, 4.69) is 9.47 Å². The van der Waals surface area contributed by atoms with E-state index in [4.69, 9.17) is 0 Å². The number of hydrogen-bond donors (Lipinski definition) is 0. The highest BCUT2D eigenvalue weighted by atomic mass is 32.2. The van der Waals surface area contributed by atoms with Crippen molar-refractivity contribution in [2.45, 2.75) is 37.2 Å². The van der Waals surface area contributed by atoms with Gasteiger partial charge in [-0.3, -0.25) is 9.59 Å². The lowest BCUT2D eigenvalue weighted by Gasteiger charge is -2.15. The van der Waals surface area contributed by atoms with Crippen LogP contribution in [0.15, 0.2) is 0 Å². The summed E-state index contributed by atoms with van der Waals surface area (Å²) in [6.07, 6.45) is 0.735. The molecule has 0 heterocycles. The third kappa shape index (κ3) is 7.25. The van der Waals surface area contributed by atoms with Crippen LogP contribution in [-0.4, -0.2) is 36.7 Å². The van der Waals surface area contributed by atoms with Crippen LogP contribution in [0.2, 0.25) is 0 Å². The summed E-state index contributed by atoms with van der Waals surface area (Å²) in [7, 11) is 2.75. The Hall–Kier alpha value is -0.710. The van der Waals surface area contributed by atoms with Crippen LogP contribution in [0.1, 0.15) is 26.7 Å². The molecule has 2 unspecified atom stereocenters. The zero-order valence-electron chi connectivity index (χ0n) is 9.61. The molecule has 2 atom stereocenters. The normalized spacial score (nSPS) is 14.1. The van der Waals surface area contributed by atoms with E-state index < -0.39 is 0 Å². The topological polar surface area (TPSA) is 52.6 Å². The summed E-state index contributed by atoms with van der Waals surface area (Å²) in [5.41, 5.74) is 0. The van der Waals surface area contributed by atoms with Crippen LogP contribution in [0.4, 0.5) is 0 Å². The second-order valence-corrected chi connectivity index (χ2v) is 5.20. The molecule has 0 fully saturated rings. The highest BCUT2D eigenvalue weighted by Crippen LogP contribution is 2.22. The first kappa shape index (κ1) is 14.3. The van der Waals surface area contributed by atoms with Crippen LogP contribution in [0.3, 0.4) is 0 Å². The van der Waals surface area contributed by atoms with E-state index in [1.165, 1.54) is 14.2 Å². The fourth-order valence-electron chi connectivity index (χ4n) is 1.13. The Balaban J connectivity index is 3.80. The Kier molecular flexibility index (Phi) is 7.21. The van der Waals surface area contributed by atoms with Crippen LogP contribution in [0, 0.1) is 0 Å². The van der Waals surface area contributed by atoms with Gasteiger partial charge in [-0.1, -0.05) is 13.8 Å². The minimum Gasteiger partial charge on any atom is -0.469 e. The molecular weight excluding hydrogens is 216 g/mol. The molecule has 0 aliphatic carbocycles.